The zero-order chi connectivity index (χ0) is 13.4. The number of carbonyl (C=O) groups is 2. The maximum Gasteiger partial charge on any atom is 0.319 e. The molecule has 1 aromatic rings. The summed E-state index contributed by atoms with van der Waals surface area (Å²) in [6.45, 7) is 0.0535. The number of rotatable bonds is 5. The molecule has 0 aliphatic rings. The van der Waals surface area contributed by atoms with E-state index in [-0.39, 0.29) is 13.0 Å². The molecule has 0 aliphatic carbocycles. The second kappa shape index (κ2) is 6.77. The fourth-order valence-electron chi connectivity index (χ4n) is 1.12. The largest absolute Gasteiger partial charge is 0.481 e. The standard InChI is InChI=1S/C10H11N5O3/c11-15-14-8-3-1-7(2-4-8)13-10(18)12-6-5-9(16)17/h1-4H,5-6H2,(H,16,17)(H2,12,13,18). The summed E-state index contributed by atoms with van der Waals surface area (Å²) in [4.78, 5) is 24.2. The molecule has 8 heteroatoms. The molecule has 1 rings (SSSR count). The molecule has 3 N–H and O–H groups in total. The molecule has 0 radical (unpaired) electrons. The lowest BCUT2D eigenvalue weighted by molar-refractivity contribution is -0.136. The van der Waals surface area contributed by atoms with Gasteiger partial charge in [0.1, 0.15) is 0 Å². The van der Waals surface area contributed by atoms with Gasteiger partial charge in [-0.3, -0.25) is 4.79 Å². The second-order valence-electron chi connectivity index (χ2n) is 3.26. The van der Waals surface area contributed by atoms with Crippen LogP contribution in [-0.4, -0.2) is 23.7 Å². The van der Waals surface area contributed by atoms with E-state index in [4.69, 9.17) is 10.6 Å². The number of benzene rings is 1. The molecular weight excluding hydrogens is 238 g/mol. The SMILES string of the molecule is [N-]=[N+]=Nc1ccc(NC(=O)NCCC(=O)O)cc1. The first kappa shape index (κ1) is 13.3. The quantitative estimate of drug-likeness (QED) is 0.420. The Morgan fingerprint density at radius 2 is 2.00 bits per heavy atom. The first-order valence-electron chi connectivity index (χ1n) is 5.03. The number of hydrogen-bond donors (Lipinski definition) is 3. The minimum Gasteiger partial charge on any atom is -0.481 e. The lowest BCUT2D eigenvalue weighted by Crippen LogP contribution is -2.30. The van der Waals surface area contributed by atoms with Crippen LogP contribution in [-0.2, 0) is 4.79 Å². The van der Waals surface area contributed by atoms with Gasteiger partial charge in [0.15, 0.2) is 0 Å². The van der Waals surface area contributed by atoms with Crippen molar-refractivity contribution in [2.24, 2.45) is 5.11 Å². The molecule has 0 atom stereocenters. The van der Waals surface area contributed by atoms with Gasteiger partial charge in [-0.2, -0.15) is 0 Å². The van der Waals surface area contributed by atoms with Crippen molar-refractivity contribution < 1.29 is 14.7 Å². The summed E-state index contributed by atoms with van der Waals surface area (Å²) in [6, 6.07) is 5.74. The number of hydrogen-bond acceptors (Lipinski definition) is 3. The van der Waals surface area contributed by atoms with E-state index in [1.807, 2.05) is 0 Å². The van der Waals surface area contributed by atoms with E-state index in [2.05, 4.69) is 20.7 Å². The van der Waals surface area contributed by atoms with E-state index in [1.54, 1.807) is 24.3 Å². The van der Waals surface area contributed by atoms with Crippen LogP contribution in [0, 0.1) is 0 Å². The van der Waals surface area contributed by atoms with Crippen molar-refractivity contribution in [1.29, 1.82) is 0 Å². The number of carbonyl (C=O) groups excluding carboxylic acids is 1. The Balaban J connectivity index is 2.44. The fraction of sp³-hybridized carbons (Fsp3) is 0.200. The van der Waals surface area contributed by atoms with Crippen molar-refractivity contribution in [1.82, 2.24) is 5.32 Å². The molecule has 1 aromatic carbocycles. The van der Waals surface area contributed by atoms with Gasteiger partial charge in [-0.25, -0.2) is 4.79 Å². The third-order valence-electron chi connectivity index (χ3n) is 1.91. The van der Waals surface area contributed by atoms with Crippen LogP contribution < -0.4 is 10.6 Å². The molecule has 0 aliphatic heterocycles. The number of anilines is 1. The Labute approximate surface area is 102 Å². The highest BCUT2D eigenvalue weighted by molar-refractivity contribution is 5.89. The predicted octanol–water partition coefficient (Wildman–Crippen LogP) is 2.22. The van der Waals surface area contributed by atoms with E-state index >= 15 is 0 Å². The minimum atomic E-state index is -0.978. The van der Waals surface area contributed by atoms with E-state index in [9.17, 15) is 9.59 Å². The summed E-state index contributed by atoms with van der Waals surface area (Å²) in [6.07, 6.45) is -0.136. The normalized spacial score (nSPS) is 9.11. The molecule has 0 saturated heterocycles. The summed E-state index contributed by atoms with van der Waals surface area (Å²) in [5.74, 6) is -0.978. The summed E-state index contributed by atoms with van der Waals surface area (Å²) >= 11 is 0. The number of azide groups is 1. The summed E-state index contributed by atoms with van der Waals surface area (Å²) in [5, 5.41) is 16.7. The smallest absolute Gasteiger partial charge is 0.319 e. The van der Waals surface area contributed by atoms with Gasteiger partial charge in [-0.1, -0.05) is 17.2 Å². The van der Waals surface area contributed by atoms with Gasteiger partial charge in [0.05, 0.1) is 6.42 Å². The van der Waals surface area contributed by atoms with Crippen LogP contribution in [0.1, 0.15) is 6.42 Å². The third-order valence-corrected chi connectivity index (χ3v) is 1.91. The maximum atomic E-state index is 11.3. The molecule has 0 unspecified atom stereocenters. The van der Waals surface area contributed by atoms with Crippen LogP contribution in [0.5, 0.6) is 0 Å². The van der Waals surface area contributed by atoms with Crippen molar-refractivity contribution in [3.8, 4) is 0 Å². The Kier molecular flexibility index (Phi) is 5.01. The Hall–Kier alpha value is -2.73. The maximum absolute atomic E-state index is 11.3. The van der Waals surface area contributed by atoms with Gasteiger partial charge in [0, 0.05) is 22.8 Å². The van der Waals surface area contributed by atoms with Gasteiger partial charge in [0.2, 0.25) is 0 Å². The molecule has 0 aromatic heterocycles. The van der Waals surface area contributed by atoms with Gasteiger partial charge in [0.25, 0.3) is 0 Å². The predicted molar refractivity (Wildman–Crippen MR) is 64.5 cm³/mol. The van der Waals surface area contributed by atoms with Gasteiger partial charge >= 0.3 is 12.0 Å². The number of aliphatic carboxylic acids is 1. The molecule has 18 heavy (non-hydrogen) atoms. The van der Waals surface area contributed by atoms with Crippen LogP contribution in [0.25, 0.3) is 10.4 Å². The molecule has 0 spiro atoms. The highest BCUT2D eigenvalue weighted by atomic mass is 16.4. The van der Waals surface area contributed by atoms with Crippen molar-refractivity contribution in [3.05, 3.63) is 34.7 Å². The summed E-state index contributed by atoms with van der Waals surface area (Å²) in [7, 11) is 0. The van der Waals surface area contributed by atoms with Crippen LogP contribution >= 0.6 is 0 Å². The number of amides is 2. The van der Waals surface area contributed by atoms with E-state index in [1.165, 1.54) is 0 Å². The average Bonchev–Trinajstić information content (AvgIpc) is 2.31. The Morgan fingerprint density at radius 3 is 2.56 bits per heavy atom. The average molecular weight is 249 g/mol. The van der Waals surface area contributed by atoms with Crippen molar-refractivity contribution >= 4 is 23.4 Å². The summed E-state index contributed by atoms with van der Waals surface area (Å²) < 4.78 is 0. The van der Waals surface area contributed by atoms with Crippen LogP contribution in [0.2, 0.25) is 0 Å². The molecular formula is C10H11N5O3. The molecule has 8 nitrogen and oxygen atoms in total. The van der Waals surface area contributed by atoms with Gasteiger partial charge in [-0.05, 0) is 17.7 Å². The number of nitrogens with one attached hydrogen (secondary N) is 2. The lowest BCUT2D eigenvalue weighted by Gasteiger charge is -2.06. The van der Waals surface area contributed by atoms with Crippen LogP contribution in [0.3, 0.4) is 0 Å². The number of carboxylic acid groups (broad SMARTS) is 1. The lowest BCUT2D eigenvalue weighted by atomic mass is 10.3. The van der Waals surface area contributed by atoms with E-state index < -0.39 is 12.0 Å². The number of carboxylic acids is 1. The molecule has 0 saturated carbocycles. The highest BCUT2D eigenvalue weighted by Gasteiger charge is 2.02. The molecule has 0 heterocycles. The topological polar surface area (TPSA) is 127 Å². The van der Waals surface area contributed by atoms with Crippen molar-refractivity contribution in [2.45, 2.75) is 6.42 Å². The van der Waals surface area contributed by atoms with Gasteiger partial charge < -0.3 is 15.7 Å². The Bertz CT molecular complexity index is 479. The minimum absolute atomic E-state index is 0.0535. The number of nitrogens with zero attached hydrogens (tertiary/aromatic N) is 3. The van der Waals surface area contributed by atoms with Crippen LogP contribution in [0.4, 0.5) is 16.2 Å². The monoisotopic (exact) mass is 249 g/mol. The van der Waals surface area contributed by atoms with E-state index in [0.29, 0.717) is 11.4 Å². The van der Waals surface area contributed by atoms with Crippen molar-refractivity contribution in [3.63, 3.8) is 0 Å². The third kappa shape index (κ3) is 4.86. The highest BCUT2D eigenvalue weighted by Crippen LogP contribution is 2.16. The molecule has 2 amide bonds. The molecule has 94 valence electrons. The fourth-order valence-corrected chi connectivity index (χ4v) is 1.12. The van der Waals surface area contributed by atoms with Crippen molar-refractivity contribution in [2.75, 3.05) is 11.9 Å². The first-order chi connectivity index (χ1) is 8.61. The second-order valence-corrected chi connectivity index (χ2v) is 3.26. The number of urea groups is 1. The van der Waals surface area contributed by atoms with Gasteiger partial charge in [-0.15, -0.1) is 0 Å². The van der Waals surface area contributed by atoms with E-state index in [0.717, 1.165) is 0 Å². The zero-order valence-electron chi connectivity index (χ0n) is 9.33. The Morgan fingerprint density at radius 1 is 1.33 bits per heavy atom. The zero-order valence-corrected chi connectivity index (χ0v) is 9.33. The summed E-state index contributed by atoms with van der Waals surface area (Å²) in [5.41, 5.74) is 9.16. The molecule has 0 bridgehead atoms. The molecule has 0 fully saturated rings. The first-order valence-corrected chi connectivity index (χ1v) is 5.03. The van der Waals surface area contributed by atoms with Crippen LogP contribution in [0.15, 0.2) is 29.4 Å².